The van der Waals surface area contributed by atoms with Crippen LogP contribution in [0, 0.1) is 58.2 Å². The van der Waals surface area contributed by atoms with Crippen LogP contribution in [-0.4, -0.2) is 193 Å². The first-order chi connectivity index (χ1) is 50.9. The highest BCUT2D eigenvalue weighted by Crippen LogP contribution is 2.62. The fourth-order valence-corrected chi connectivity index (χ4v) is 18.6. The molecule has 0 aromatic carbocycles. The van der Waals surface area contributed by atoms with Gasteiger partial charge in [-0.05, 0) is 171 Å². The maximum Gasteiger partial charge on any atom is 0.329 e. The fraction of sp³-hybridized carbons (Fsp3) is 0.726. The molecule has 2 N–H and O–H groups in total. The molecule has 107 heavy (non-hydrogen) atoms. The van der Waals surface area contributed by atoms with E-state index in [0.717, 1.165) is 37.9 Å². The van der Waals surface area contributed by atoms with Gasteiger partial charge in [0.15, 0.2) is 11.6 Å². The van der Waals surface area contributed by atoms with Gasteiger partial charge in [-0.1, -0.05) is 97.3 Å². The average Bonchev–Trinajstić information content (AvgIpc) is 1.66. The summed E-state index contributed by atoms with van der Waals surface area (Å²) < 4.78 is 48.2. The second kappa shape index (κ2) is 37.5. The Bertz CT molecular complexity index is 3490. The molecule has 17 atom stereocenters. The average molecular weight is 1490 g/mol. The lowest BCUT2D eigenvalue weighted by Crippen LogP contribution is -2.64. The quantitative estimate of drug-likeness (QED) is 0.0557. The smallest absolute Gasteiger partial charge is 0.329 e. The molecule has 9 rings (SSSR count). The Balaban J connectivity index is 0.819. The number of aliphatic hydroxyl groups excluding tert-OH is 1. The molecule has 0 aromatic rings. The first-order valence-electron chi connectivity index (χ1n) is 39.8. The van der Waals surface area contributed by atoms with E-state index in [1.165, 1.54) is 19.1 Å². The SMILES string of the molecule is COC[C@H]1OC(=O)C(CN2CCCCC2)C2C(=O)C(=O)C3=C4CCC(=O)[C@@]4(C)CC(OC(=O)CCCCCCC(=O)OC4CCC(C[C@@H](C)[C@@H]5CC(=O)C(C)=CC(C)[C@@H](O)[C@@H](OC)C(=O)[C@H](C)C[C@H](C)C=CC=CC=C(C)[C@@H](OC)C[C@@H]6CC[C@@H](C)[C@@](O)(O6)C(=O)C(=O)N6CCCC[C@H]6C(=O)O5)CC4)=C3[C@]21C. The zero-order chi connectivity index (χ0) is 77.8. The third-order valence-electron chi connectivity index (χ3n) is 25.2. The minimum Gasteiger partial charge on any atom is -0.462 e. The number of aliphatic hydroxyl groups is 2. The molecule has 4 saturated heterocycles. The van der Waals surface area contributed by atoms with Crippen molar-refractivity contribution in [1.29, 1.82) is 0 Å². The normalized spacial score (nSPS) is 35.5. The maximum atomic E-state index is 14.8. The summed E-state index contributed by atoms with van der Waals surface area (Å²) in [6, 6.07) is -1.21. The topological polar surface area (TPSA) is 309 Å². The summed E-state index contributed by atoms with van der Waals surface area (Å²) in [4.78, 5) is 160. The molecule has 2 bridgehead atoms. The molecule has 0 aromatic heterocycles. The number of amides is 1. The molecule has 3 unspecified atom stereocenters. The molecule has 7 fully saturated rings. The fourth-order valence-electron chi connectivity index (χ4n) is 18.6. The van der Waals surface area contributed by atoms with Gasteiger partial charge in [0.2, 0.25) is 17.4 Å². The Morgan fingerprint density at radius 2 is 1.45 bits per heavy atom. The number of ether oxygens (including phenoxy) is 8. The first kappa shape index (κ1) is 84.5. The van der Waals surface area contributed by atoms with Gasteiger partial charge >= 0.3 is 23.9 Å². The van der Waals surface area contributed by atoms with Gasteiger partial charge in [0.1, 0.15) is 42.0 Å². The highest BCUT2D eigenvalue weighted by Gasteiger charge is 2.67. The van der Waals surface area contributed by atoms with Crippen molar-refractivity contribution in [3.8, 4) is 0 Å². The molecular formula is C84H120N2O21. The molecule has 3 saturated carbocycles. The van der Waals surface area contributed by atoms with Gasteiger partial charge < -0.3 is 57.9 Å². The van der Waals surface area contributed by atoms with E-state index < -0.39 is 136 Å². The molecular weight excluding hydrogens is 1370 g/mol. The lowest BCUT2D eigenvalue weighted by molar-refractivity contribution is -0.265. The summed E-state index contributed by atoms with van der Waals surface area (Å²) >= 11 is 0. The van der Waals surface area contributed by atoms with Crippen molar-refractivity contribution in [2.45, 2.75) is 277 Å². The van der Waals surface area contributed by atoms with Gasteiger partial charge in [-0.2, -0.15) is 0 Å². The maximum absolute atomic E-state index is 14.8. The molecule has 4 aliphatic carbocycles. The predicted molar refractivity (Wildman–Crippen MR) is 395 cm³/mol. The standard InChI is InChI=1S/C84H120N2O21/c1-49-25-17-15-18-26-50(2)63(101-11)44-58-33-30-55(7)84(99,107-58)78(95)79(96)86-40-24-21-27-61(86)81(98)105-64(45-62(87)51(3)42-54(6)74(92)77(102-12)73(91)53(5)41-49)52(4)43-56-31-34-57(35-32-56)103-68(89)28-19-13-14-20-29-69(90)104-65-46-82(8)60(36-37-66(82)88)70-72(65)83(9)67(48-100-10)106-80(97)59(71(83)76(94)75(70)93)47-85-38-22-16-23-39-85/h15,17-18,25-26,42,49,52-59,61,63-64,67,71,74,77,92,99H,13-14,16,19-24,27-41,43-48H2,1-12H3/t49-,52-,53-,54?,55-,56?,57?,58+,59?,61+,63+,64+,67-,71?,74-,77+,82+,83+,84-/m1/s1. The van der Waals surface area contributed by atoms with Gasteiger partial charge in [0.25, 0.3) is 11.7 Å². The number of allylic oxidation sites excluding steroid dienone is 9. The number of fused-ring (bicyclic) bond motifs is 7. The van der Waals surface area contributed by atoms with Crippen LogP contribution >= 0.6 is 0 Å². The van der Waals surface area contributed by atoms with Crippen LogP contribution < -0.4 is 0 Å². The molecule has 23 nitrogen and oxygen atoms in total. The lowest BCUT2D eigenvalue weighted by Gasteiger charge is -2.54. The monoisotopic (exact) mass is 1490 g/mol. The van der Waals surface area contributed by atoms with Crippen LogP contribution in [-0.2, 0) is 90.6 Å². The molecule has 592 valence electrons. The minimum atomic E-state index is -2.49. The number of rotatable bonds is 18. The zero-order valence-corrected chi connectivity index (χ0v) is 65.5. The van der Waals surface area contributed by atoms with Crippen LogP contribution in [0.1, 0.15) is 223 Å². The molecule has 5 aliphatic heterocycles. The van der Waals surface area contributed by atoms with E-state index in [1.807, 2.05) is 51.2 Å². The number of piperidine rings is 2. The second-order valence-corrected chi connectivity index (χ2v) is 33.0. The third kappa shape index (κ3) is 19.5. The van der Waals surface area contributed by atoms with Crippen LogP contribution in [0.3, 0.4) is 0 Å². The molecule has 5 heterocycles. The van der Waals surface area contributed by atoms with Crippen molar-refractivity contribution in [2.24, 2.45) is 58.2 Å². The Labute approximate surface area is 632 Å². The van der Waals surface area contributed by atoms with Gasteiger partial charge in [-0.3, -0.25) is 47.9 Å². The van der Waals surface area contributed by atoms with Crippen molar-refractivity contribution in [3.05, 3.63) is 70.1 Å². The Kier molecular flexibility index (Phi) is 29.6. The summed E-state index contributed by atoms with van der Waals surface area (Å²) in [5.74, 6) is -13.5. The highest BCUT2D eigenvalue weighted by molar-refractivity contribution is 6.47. The van der Waals surface area contributed by atoms with E-state index in [9.17, 15) is 63.0 Å². The number of esters is 4. The second-order valence-electron chi connectivity index (χ2n) is 33.0. The third-order valence-corrected chi connectivity index (χ3v) is 25.2. The van der Waals surface area contributed by atoms with Crippen LogP contribution in [0.4, 0.5) is 0 Å². The van der Waals surface area contributed by atoms with Crippen LogP contribution in [0.5, 0.6) is 0 Å². The van der Waals surface area contributed by atoms with E-state index in [0.29, 0.717) is 101 Å². The predicted octanol–water partition coefficient (Wildman–Crippen LogP) is 10.8. The number of hydrogen-bond acceptors (Lipinski definition) is 22. The van der Waals surface area contributed by atoms with Crippen LogP contribution in [0.2, 0.25) is 0 Å². The zero-order valence-electron chi connectivity index (χ0n) is 65.5. The lowest BCUT2D eigenvalue weighted by atomic mass is 9.51. The number of carbonyl (C=O) groups excluding carboxylic acids is 11. The summed E-state index contributed by atoms with van der Waals surface area (Å²) in [6.07, 6.45) is 16.4. The van der Waals surface area contributed by atoms with E-state index in [2.05, 4.69) is 4.90 Å². The number of unbranched alkanes of at least 4 members (excludes halogenated alkanes) is 3. The number of nitrogens with zero attached hydrogens (tertiary/aromatic N) is 2. The van der Waals surface area contributed by atoms with E-state index in [1.54, 1.807) is 54.7 Å². The Morgan fingerprint density at radius 1 is 0.757 bits per heavy atom. The van der Waals surface area contributed by atoms with Crippen molar-refractivity contribution in [1.82, 2.24) is 9.80 Å². The summed E-state index contributed by atoms with van der Waals surface area (Å²) in [6.45, 7) is 17.8. The number of likely N-dealkylation sites (tertiary alicyclic amines) is 1. The molecule has 23 heteroatoms. The number of cyclic esters (lactones) is 2. The van der Waals surface area contributed by atoms with Crippen LogP contribution in [0.25, 0.3) is 0 Å². The summed E-state index contributed by atoms with van der Waals surface area (Å²) in [5.41, 5.74) is -0.354. The van der Waals surface area contributed by atoms with E-state index in [-0.39, 0.29) is 129 Å². The minimum absolute atomic E-state index is 0.00306. The number of carbonyl (C=O) groups is 11. The summed E-state index contributed by atoms with van der Waals surface area (Å²) in [5, 5.41) is 23.8. The summed E-state index contributed by atoms with van der Waals surface area (Å²) in [7, 11) is 4.40. The number of hydrogen-bond donors (Lipinski definition) is 2. The van der Waals surface area contributed by atoms with Crippen molar-refractivity contribution in [3.63, 3.8) is 0 Å². The van der Waals surface area contributed by atoms with Gasteiger partial charge in [-0.25, -0.2) is 4.79 Å². The van der Waals surface area contributed by atoms with Crippen molar-refractivity contribution in [2.75, 3.05) is 54.1 Å². The van der Waals surface area contributed by atoms with E-state index in [4.69, 9.17) is 37.9 Å². The van der Waals surface area contributed by atoms with Crippen molar-refractivity contribution < 1.29 is 101 Å². The number of ketones is 6. The molecule has 9 aliphatic rings. The van der Waals surface area contributed by atoms with Gasteiger partial charge in [0, 0.05) is 107 Å². The Hall–Kier alpha value is -6.47. The van der Waals surface area contributed by atoms with Crippen LogP contribution in [0.15, 0.2) is 70.1 Å². The first-order valence-corrected chi connectivity index (χ1v) is 39.8. The molecule has 0 spiro atoms. The van der Waals surface area contributed by atoms with Gasteiger partial charge in [-0.15, -0.1) is 0 Å². The molecule has 1 amide bonds. The number of Topliss-reactive ketones (excluding diaryl/α,β-unsaturated/α-hetero) is 6. The van der Waals surface area contributed by atoms with Crippen molar-refractivity contribution >= 4 is 64.5 Å². The Morgan fingerprint density at radius 3 is 2.13 bits per heavy atom. The molecule has 0 radical (unpaired) electrons. The highest BCUT2D eigenvalue weighted by atomic mass is 16.6. The largest absolute Gasteiger partial charge is 0.462 e. The van der Waals surface area contributed by atoms with Gasteiger partial charge in [0.05, 0.1) is 42.2 Å². The number of methoxy groups -OCH3 is 3. The van der Waals surface area contributed by atoms with E-state index >= 15 is 0 Å².